The highest BCUT2D eigenvalue weighted by atomic mass is 16.3. The fourth-order valence-corrected chi connectivity index (χ4v) is 3.29. The Kier molecular flexibility index (Phi) is 14.8. The number of rotatable bonds is 17. The van der Waals surface area contributed by atoms with Crippen molar-refractivity contribution in [2.24, 2.45) is 5.73 Å². The maximum atomic E-state index is 10.1. The van der Waals surface area contributed by atoms with Gasteiger partial charge in [-0.1, -0.05) is 69.7 Å². The third-order valence-electron chi connectivity index (χ3n) is 5.01. The third-order valence-corrected chi connectivity index (χ3v) is 5.01. The topological polar surface area (TPSA) is 58.3 Å². The van der Waals surface area contributed by atoms with E-state index in [0.717, 1.165) is 18.5 Å². The van der Waals surface area contributed by atoms with Crippen molar-refractivity contribution in [2.75, 3.05) is 13.1 Å². The second-order valence-electron chi connectivity index (χ2n) is 7.56. The number of nitrogens with one attached hydrogen (secondary N) is 1. The molecule has 0 saturated heterocycles. The van der Waals surface area contributed by atoms with Gasteiger partial charge in [-0.25, -0.2) is 0 Å². The first-order chi connectivity index (χ1) is 13.3. The Bertz CT molecular complexity index is 499. The molecule has 0 aliphatic heterocycles. The lowest BCUT2D eigenvalue weighted by Crippen LogP contribution is -2.21. The van der Waals surface area contributed by atoms with Gasteiger partial charge < -0.3 is 16.2 Å². The number of hydrogen-bond acceptors (Lipinski definition) is 3. The molecule has 1 rings (SSSR count). The van der Waals surface area contributed by atoms with E-state index in [1.807, 2.05) is 12.1 Å². The summed E-state index contributed by atoms with van der Waals surface area (Å²) in [5, 5.41) is 13.3. The van der Waals surface area contributed by atoms with Crippen molar-refractivity contribution in [3.05, 3.63) is 41.5 Å². The average molecular weight is 375 g/mol. The van der Waals surface area contributed by atoms with Crippen LogP contribution in [0.3, 0.4) is 0 Å². The molecule has 27 heavy (non-hydrogen) atoms. The molecule has 0 aromatic heterocycles. The third kappa shape index (κ3) is 12.6. The van der Waals surface area contributed by atoms with Gasteiger partial charge in [-0.3, -0.25) is 0 Å². The summed E-state index contributed by atoms with van der Waals surface area (Å²) >= 11 is 0. The van der Waals surface area contributed by atoms with Crippen molar-refractivity contribution in [1.29, 1.82) is 0 Å². The van der Waals surface area contributed by atoms with Gasteiger partial charge in [-0.05, 0) is 50.2 Å². The minimum atomic E-state index is 0.401. The van der Waals surface area contributed by atoms with E-state index in [-0.39, 0.29) is 0 Å². The summed E-state index contributed by atoms with van der Waals surface area (Å²) in [5.41, 5.74) is 7.65. The van der Waals surface area contributed by atoms with Crippen LogP contribution in [0, 0.1) is 0 Å². The van der Waals surface area contributed by atoms with Crippen LogP contribution < -0.4 is 11.1 Å². The molecule has 0 radical (unpaired) electrons. The number of benzene rings is 1. The van der Waals surface area contributed by atoms with Gasteiger partial charge in [-0.2, -0.15) is 0 Å². The van der Waals surface area contributed by atoms with Crippen LogP contribution >= 0.6 is 0 Å². The monoisotopic (exact) mass is 374 g/mol. The maximum absolute atomic E-state index is 10.1. The molecule has 154 valence electrons. The predicted molar refractivity (Wildman–Crippen MR) is 118 cm³/mol. The summed E-state index contributed by atoms with van der Waals surface area (Å²) in [5.74, 6) is 0.401. The highest BCUT2D eigenvalue weighted by Crippen LogP contribution is 2.20. The summed E-state index contributed by atoms with van der Waals surface area (Å²) in [7, 11) is 0. The van der Waals surface area contributed by atoms with Crippen LogP contribution in [-0.4, -0.2) is 18.2 Å². The number of hydrogen-bond donors (Lipinski definition) is 3. The number of phenols is 1. The lowest BCUT2D eigenvalue weighted by molar-refractivity contribution is 0.463. The molecular formula is C24H42N2O. The smallest absolute Gasteiger partial charge is 0.120 e. The molecule has 4 N–H and O–H groups in total. The van der Waals surface area contributed by atoms with Crippen LogP contribution in [0.2, 0.25) is 0 Å². The van der Waals surface area contributed by atoms with E-state index in [9.17, 15) is 5.11 Å². The molecule has 0 unspecified atom stereocenters. The zero-order valence-corrected chi connectivity index (χ0v) is 17.5. The minimum Gasteiger partial charge on any atom is -0.508 e. The van der Waals surface area contributed by atoms with E-state index in [4.69, 9.17) is 5.73 Å². The van der Waals surface area contributed by atoms with Crippen LogP contribution in [0.5, 0.6) is 5.75 Å². The van der Waals surface area contributed by atoms with Crippen molar-refractivity contribution in [1.82, 2.24) is 5.32 Å². The molecule has 0 fully saturated rings. The number of aromatic hydroxyl groups is 1. The van der Waals surface area contributed by atoms with Crippen molar-refractivity contribution >= 4 is 0 Å². The molecule has 1 aromatic rings. The number of phenolic OH excluding ortho intramolecular Hbond substituents is 1. The lowest BCUT2D eigenvalue weighted by atomic mass is 10.0. The molecule has 0 heterocycles. The van der Waals surface area contributed by atoms with Crippen LogP contribution in [0.25, 0.3) is 0 Å². The molecule has 0 atom stereocenters. The Morgan fingerprint density at radius 3 is 2.26 bits per heavy atom. The molecule has 0 bridgehead atoms. The van der Waals surface area contributed by atoms with E-state index in [1.165, 1.54) is 76.2 Å². The zero-order chi connectivity index (χ0) is 19.6. The van der Waals surface area contributed by atoms with Crippen LogP contribution in [-0.2, 0) is 13.0 Å². The fraction of sp³-hybridized carbons (Fsp3) is 0.667. The Morgan fingerprint density at radius 2 is 1.59 bits per heavy atom. The molecule has 3 nitrogen and oxygen atoms in total. The zero-order valence-electron chi connectivity index (χ0n) is 17.5. The number of allylic oxidation sites excluding steroid dienone is 2. The van der Waals surface area contributed by atoms with E-state index < -0.39 is 0 Å². The Labute approximate surface area is 167 Å². The van der Waals surface area contributed by atoms with Gasteiger partial charge in [0.15, 0.2) is 0 Å². The molecule has 3 heteroatoms. The van der Waals surface area contributed by atoms with E-state index >= 15 is 0 Å². The Morgan fingerprint density at radius 1 is 0.926 bits per heavy atom. The molecule has 0 spiro atoms. The second-order valence-corrected chi connectivity index (χ2v) is 7.56. The molecular weight excluding hydrogens is 332 g/mol. The van der Waals surface area contributed by atoms with Crippen LogP contribution in [0.15, 0.2) is 30.4 Å². The fourth-order valence-electron chi connectivity index (χ4n) is 3.29. The summed E-state index contributed by atoms with van der Waals surface area (Å²) < 4.78 is 0. The van der Waals surface area contributed by atoms with Gasteiger partial charge in [0.25, 0.3) is 0 Å². The number of aryl methyl sites for hydroxylation is 1. The van der Waals surface area contributed by atoms with Gasteiger partial charge in [0.05, 0.1) is 0 Å². The largest absolute Gasteiger partial charge is 0.508 e. The van der Waals surface area contributed by atoms with Crippen molar-refractivity contribution in [3.63, 3.8) is 0 Å². The predicted octanol–water partition coefficient (Wildman–Crippen LogP) is 5.85. The highest BCUT2D eigenvalue weighted by Gasteiger charge is 2.02. The van der Waals surface area contributed by atoms with Crippen LogP contribution in [0.4, 0.5) is 0 Å². The Balaban J connectivity index is 2.01. The first kappa shape index (κ1) is 23.7. The first-order valence-electron chi connectivity index (χ1n) is 11.1. The van der Waals surface area contributed by atoms with Crippen molar-refractivity contribution in [2.45, 2.75) is 90.5 Å². The minimum absolute atomic E-state index is 0.401. The second kappa shape index (κ2) is 16.8. The van der Waals surface area contributed by atoms with E-state index in [0.29, 0.717) is 18.8 Å². The normalized spacial score (nSPS) is 11.5. The first-order valence-corrected chi connectivity index (χ1v) is 11.1. The van der Waals surface area contributed by atoms with Gasteiger partial charge >= 0.3 is 0 Å². The van der Waals surface area contributed by atoms with Gasteiger partial charge in [0.2, 0.25) is 0 Å². The number of nitrogens with two attached hydrogens (primary N) is 1. The van der Waals surface area contributed by atoms with Gasteiger partial charge in [0, 0.05) is 25.2 Å². The van der Waals surface area contributed by atoms with Crippen molar-refractivity contribution in [3.8, 4) is 5.75 Å². The van der Waals surface area contributed by atoms with E-state index in [2.05, 4.69) is 30.5 Å². The number of unbranched alkanes of at least 4 members (excludes halogenated alkanes) is 9. The van der Waals surface area contributed by atoms with Crippen molar-refractivity contribution < 1.29 is 5.11 Å². The summed E-state index contributed by atoms with van der Waals surface area (Å²) in [6.07, 6.45) is 20.2. The van der Waals surface area contributed by atoms with Gasteiger partial charge in [0.1, 0.15) is 5.75 Å². The maximum Gasteiger partial charge on any atom is 0.120 e. The van der Waals surface area contributed by atoms with Gasteiger partial charge in [-0.15, -0.1) is 0 Å². The van der Waals surface area contributed by atoms with E-state index in [1.54, 1.807) is 0 Å². The quantitative estimate of drug-likeness (QED) is 0.237. The summed E-state index contributed by atoms with van der Waals surface area (Å²) in [6, 6.07) is 6.10. The average Bonchev–Trinajstić information content (AvgIpc) is 2.67. The molecule has 0 aliphatic carbocycles. The Hall–Kier alpha value is -1.32. The van der Waals surface area contributed by atoms with Crippen LogP contribution in [0.1, 0.15) is 88.7 Å². The summed E-state index contributed by atoms with van der Waals surface area (Å²) in [6.45, 7) is 4.33. The molecule has 0 saturated carbocycles. The molecule has 0 amide bonds. The molecule has 1 aromatic carbocycles. The summed E-state index contributed by atoms with van der Waals surface area (Å²) in [4.78, 5) is 0. The lowest BCUT2D eigenvalue weighted by Gasteiger charge is -2.08. The molecule has 0 aliphatic rings. The SMILES string of the molecule is CCCCCCC=CCCCCCCCc1ccc(CNCCN)c(O)c1. The standard InChI is InChI=1S/C24H42N2O/c1-2-3-4-5-6-7-8-9-10-11-12-13-14-15-22-16-17-23(24(27)20-22)21-26-19-18-25/h7-8,16-17,20,26-27H,2-6,9-15,18-19,21,25H2,1H3. The highest BCUT2D eigenvalue weighted by molar-refractivity contribution is 5.36.